The van der Waals surface area contributed by atoms with Crippen LogP contribution in [0.1, 0.15) is 33.6 Å². The van der Waals surface area contributed by atoms with Crippen LogP contribution in [0.15, 0.2) is 17.2 Å². The predicted octanol–water partition coefficient (Wildman–Crippen LogP) is 1.75. The Kier molecular flexibility index (Phi) is 5.54. The predicted molar refractivity (Wildman–Crippen MR) is 79.8 cm³/mol. The molecule has 1 N–H and O–H groups in total. The van der Waals surface area contributed by atoms with E-state index in [9.17, 15) is 4.79 Å². The normalized spacial score (nSPS) is 11.9. The average molecular weight is 266 g/mol. The smallest absolute Gasteiger partial charge is 0.293 e. The van der Waals surface area contributed by atoms with Gasteiger partial charge in [0.2, 0.25) is 0 Å². The molecule has 19 heavy (non-hydrogen) atoms. The van der Waals surface area contributed by atoms with E-state index in [4.69, 9.17) is 0 Å². The van der Waals surface area contributed by atoms with Crippen molar-refractivity contribution >= 4 is 5.82 Å². The third-order valence-corrected chi connectivity index (χ3v) is 2.89. The maximum Gasteiger partial charge on any atom is 0.293 e. The second-order valence-corrected chi connectivity index (χ2v) is 6.06. The molecule has 1 rings (SSSR count). The Balaban J connectivity index is 2.58. The standard InChI is InChI=1S/C14H26N4O/c1-14(2,3)18-11-9-16-12(13(18)19)15-8-6-7-10-17(4)5/h9,11H,6-8,10H2,1-5H3,(H,15,16). The van der Waals surface area contributed by atoms with E-state index in [0.717, 1.165) is 25.9 Å². The maximum atomic E-state index is 12.2. The van der Waals surface area contributed by atoms with Gasteiger partial charge in [0.1, 0.15) is 0 Å². The Morgan fingerprint density at radius 2 is 2.00 bits per heavy atom. The molecule has 0 saturated carbocycles. The van der Waals surface area contributed by atoms with Gasteiger partial charge in [-0.2, -0.15) is 0 Å². The second-order valence-electron chi connectivity index (χ2n) is 6.06. The third-order valence-electron chi connectivity index (χ3n) is 2.89. The third kappa shape index (κ3) is 5.03. The van der Waals surface area contributed by atoms with Crippen LogP contribution in [0.5, 0.6) is 0 Å². The Labute approximate surface area is 115 Å². The summed E-state index contributed by atoms with van der Waals surface area (Å²) in [7, 11) is 4.13. The highest BCUT2D eigenvalue weighted by atomic mass is 16.1. The van der Waals surface area contributed by atoms with E-state index < -0.39 is 0 Å². The van der Waals surface area contributed by atoms with Gasteiger partial charge in [-0.05, 0) is 54.3 Å². The topological polar surface area (TPSA) is 50.2 Å². The lowest BCUT2D eigenvalue weighted by Crippen LogP contribution is -2.35. The van der Waals surface area contributed by atoms with Gasteiger partial charge in [-0.15, -0.1) is 0 Å². The zero-order valence-electron chi connectivity index (χ0n) is 12.7. The summed E-state index contributed by atoms with van der Waals surface area (Å²) >= 11 is 0. The Hall–Kier alpha value is -1.36. The number of hydrogen-bond donors (Lipinski definition) is 1. The highest BCUT2D eigenvalue weighted by Crippen LogP contribution is 2.10. The van der Waals surface area contributed by atoms with E-state index in [2.05, 4.69) is 29.3 Å². The van der Waals surface area contributed by atoms with Crippen LogP contribution in [0, 0.1) is 0 Å². The van der Waals surface area contributed by atoms with Gasteiger partial charge in [-0.25, -0.2) is 4.98 Å². The second kappa shape index (κ2) is 6.70. The molecular formula is C14H26N4O. The van der Waals surface area contributed by atoms with Crippen molar-refractivity contribution in [3.8, 4) is 0 Å². The zero-order valence-corrected chi connectivity index (χ0v) is 12.7. The van der Waals surface area contributed by atoms with Crippen molar-refractivity contribution in [3.05, 3.63) is 22.7 Å². The van der Waals surface area contributed by atoms with Gasteiger partial charge in [0.25, 0.3) is 5.56 Å². The van der Waals surface area contributed by atoms with Crippen LogP contribution in [0.25, 0.3) is 0 Å². The summed E-state index contributed by atoms with van der Waals surface area (Å²) in [5, 5.41) is 3.14. The summed E-state index contributed by atoms with van der Waals surface area (Å²) in [4.78, 5) is 18.5. The van der Waals surface area contributed by atoms with Crippen LogP contribution in [-0.4, -0.2) is 41.6 Å². The molecule has 1 aromatic heterocycles. The number of hydrogen-bond acceptors (Lipinski definition) is 4. The highest BCUT2D eigenvalue weighted by Gasteiger charge is 2.16. The summed E-state index contributed by atoms with van der Waals surface area (Å²) in [6.45, 7) is 7.88. The Morgan fingerprint density at radius 3 is 2.58 bits per heavy atom. The summed E-state index contributed by atoms with van der Waals surface area (Å²) in [5.74, 6) is 0.447. The quantitative estimate of drug-likeness (QED) is 0.797. The van der Waals surface area contributed by atoms with Gasteiger partial charge >= 0.3 is 0 Å². The molecule has 0 aromatic carbocycles. The van der Waals surface area contributed by atoms with Crippen molar-refractivity contribution in [2.45, 2.75) is 39.2 Å². The lowest BCUT2D eigenvalue weighted by molar-refractivity contribution is 0.383. The van der Waals surface area contributed by atoms with Crippen molar-refractivity contribution in [1.29, 1.82) is 0 Å². The molecule has 5 nitrogen and oxygen atoms in total. The van der Waals surface area contributed by atoms with E-state index in [1.165, 1.54) is 0 Å². The fourth-order valence-electron chi connectivity index (χ4n) is 1.82. The first-order valence-electron chi connectivity index (χ1n) is 6.79. The van der Waals surface area contributed by atoms with Crippen molar-refractivity contribution in [2.24, 2.45) is 0 Å². The zero-order chi connectivity index (χ0) is 14.5. The lowest BCUT2D eigenvalue weighted by Gasteiger charge is -2.22. The van der Waals surface area contributed by atoms with E-state index in [0.29, 0.717) is 5.82 Å². The molecule has 5 heteroatoms. The van der Waals surface area contributed by atoms with Gasteiger partial charge in [-0.1, -0.05) is 0 Å². The fraction of sp³-hybridized carbons (Fsp3) is 0.714. The number of unbranched alkanes of at least 4 members (excludes halogenated alkanes) is 1. The highest BCUT2D eigenvalue weighted by molar-refractivity contribution is 5.30. The number of nitrogens with zero attached hydrogens (tertiary/aromatic N) is 3. The molecule has 0 saturated heterocycles. The molecule has 108 valence electrons. The van der Waals surface area contributed by atoms with Gasteiger partial charge in [0.15, 0.2) is 5.82 Å². The number of nitrogens with one attached hydrogen (secondary N) is 1. The first kappa shape index (κ1) is 15.7. The lowest BCUT2D eigenvalue weighted by atomic mass is 10.1. The summed E-state index contributed by atoms with van der Waals surface area (Å²) < 4.78 is 1.71. The molecule has 1 heterocycles. The van der Waals surface area contributed by atoms with Crippen LogP contribution in [-0.2, 0) is 5.54 Å². The summed E-state index contributed by atoms with van der Waals surface area (Å²) in [6, 6.07) is 0. The molecule has 0 aliphatic heterocycles. The summed E-state index contributed by atoms with van der Waals surface area (Å²) in [5.41, 5.74) is -0.274. The van der Waals surface area contributed by atoms with E-state index in [-0.39, 0.29) is 11.1 Å². The molecule has 0 aliphatic rings. The number of aromatic nitrogens is 2. The first-order chi connectivity index (χ1) is 8.82. The molecular weight excluding hydrogens is 240 g/mol. The van der Waals surface area contributed by atoms with Crippen LogP contribution in [0.4, 0.5) is 5.82 Å². The molecule has 0 amide bonds. The van der Waals surface area contributed by atoms with Crippen LogP contribution in [0.2, 0.25) is 0 Å². The SMILES string of the molecule is CN(C)CCCCNc1nccn(C(C)(C)C)c1=O. The van der Waals surface area contributed by atoms with E-state index >= 15 is 0 Å². The van der Waals surface area contributed by atoms with Crippen molar-refractivity contribution in [3.63, 3.8) is 0 Å². The minimum Gasteiger partial charge on any atom is -0.365 e. The fourth-order valence-corrected chi connectivity index (χ4v) is 1.82. The van der Waals surface area contributed by atoms with Crippen LogP contribution in [0.3, 0.4) is 0 Å². The minimum absolute atomic E-state index is 0.0531. The molecule has 0 aliphatic carbocycles. The Morgan fingerprint density at radius 1 is 1.32 bits per heavy atom. The molecule has 0 radical (unpaired) electrons. The van der Waals surface area contributed by atoms with Crippen molar-refractivity contribution < 1.29 is 0 Å². The monoisotopic (exact) mass is 266 g/mol. The Bertz CT molecular complexity index is 445. The van der Waals surface area contributed by atoms with Crippen LogP contribution < -0.4 is 10.9 Å². The molecule has 0 spiro atoms. The molecule has 0 atom stereocenters. The van der Waals surface area contributed by atoms with Crippen molar-refractivity contribution in [1.82, 2.24) is 14.5 Å². The summed E-state index contributed by atoms with van der Waals surface area (Å²) in [6.07, 6.45) is 5.55. The number of anilines is 1. The molecule has 0 bridgehead atoms. The van der Waals surface area contributed by atoms with Gasteiger partial charge in [0, 0.05) is 24.5 Å². The van der Waals surface area contributed by atoms with Gasteiger partial charge in [0.05, 0.1) is 0 Å². The molecule has 0 unspecified atom stereocenters. The van der Waals surface area contributed by atoms with Crippen LogP contribution >= 0.6 is 0 Å². The van der Waals surface area contributed by atoms with Gasteiger partial charge < -0.3 is 14.8 Å². The molecule has 1 aromatic rings. The van der Waals surface area contributed by atoms with E-state index in [1.807, 2.05) is 20.8 Å². The largest absolute Gasteiger partial charge is 0.365 e. The maximum absolute atomic E-state index is 12.2. The van der Waals surface area contributed by atoms with Gasteiger partial charge in [-0.3, -0.25) is 4.79 Å². The number of rotatable bonds is 6. The average Bonchev–Trinajstić information content (AvgIpc) is 2.28. The van der Waals surface area contributed by atoms with Crippen molar-refractivity contribution in [2.75, 3.05) is 32.5 Å². The molecule has 0 fully saturated rings. The van der Waals surface area contributed by atoms with E-state index in [1.54, 1.807) is 17.0 Å². The minimum atomic E-state index is -0.221. The first-order valence-corrected chi connectivity index (χ1v) is 6.79.